The Morgan fingerprint density at radius 1 is 1.47 bits per heavy atom. The summed E-state index contributed by atoms with van der Waals surface area (Å²) in [5.41, 5.74) is -4.74. The van der Waals surface area contributed by atoms with Crippen LogP contribution in [0.3, 0.4) is 0 Å². The van der Waals surface area contributed by atoms with Gasteiger partial charge in [0.15, 0.2) is 0 Å². The van der Waals surface area contributed by atoms with Gasteiger partial charge in [-0.25, -0.2) is 0 Å². The largest absolute Gasteiger partial charge is 0.536 e. The van der Waals surface area contributed by atoms with Crippen molar-refractivity contribution in [2.45, 2.75) is 24.8 Å². The van der Waals surface area contributed by atoms with Crippen LogP contribution in [0.15, 0.2) is 16.8 Å². The second kappa shape index (κ2) is 4.75. The van der Waals surface area contributed by atoms with Crippen LogP contribution in [0.25, 0.3) is 0 Å². The Balaban J connectivity index is 2.73. The number of rotatable bonds is 3. The molecule has 0 heterocycles. The maximum absolute atomic E-state index is 11.9. The van der Waals surface area contributed by atoms with Crippen molar-refractivity contribution in [2.24, 2.45) is 5.16 Å². The fraction of sp³-hybridized carbons (Fsp3) is 0.500. The molecule has 0 N–H and O–H groups in total. The molecule has 0 aliphatic heterocycles. The predicted octanol–water partition coefficient (Wildman–Crippen LogP) is 1.84. The van der Waals surface area contributed by atoms with Crippen LogP contribution in [0.5, 0.6) is 0 Å². The Labute approximate surface area is 95.3 Å². The minimum atomic E-state index is -5.70. The zero-order valence-corrected chi connectivity index (χ0v) is 9.18. The molecular weight excluding hydrogens is 261 g/mol. The Morgan fingerprint density at radius 2 is 2.12 bits per heavy atom. The highest BCUT2D eigenvalue weighted by molar-refractivity contribution is 7.87. The lowest BCUT2D eigenvalue weighted by atomic mass is 10.2. The molecule has 0 spiro atoms. The van der Waals surface area contributed by atoms with Crippen LogP contribution < -0.4 is 0 Å². The van der Waals surface area contributed by atoms with Crippen LogP contribution in [0.2, 0.25) is 0 Å². The highest BCUT2D eigenvalue weighted by Gasteiger charge is 2.49. The highest BCUT2D eigenvalue weighted by atomic mass is 32.2. The fourth-order valence-corrected chi connectivity index (χ4v) is 1.40. The lowest BCUT2D eigenvalue weighted by Gasteiger charge is -2.04. The van der Waals surface area contributed by atoms with Crippen molar-refractivity contribution in [3.05, 3.63) is 11.6 Å². The van der Waals surface area contributed by atoms with Crippen LogP contribution in [0, 0.1) is 11.3 Å². The van der Waals surface area contributed by atoms with Gasteiger partial charge in [0.2, 0.25) is 0 Å². The van der Waals surface area contributed by atoms with Crippen LogP contribution in [-0.4, -0.2) is 19.6 Å². The van der Waals surface area contributed by atoms with Crippen LogP contribution in [0.1, 0.15) is 19.3 Å². The molecule has 94 valence electrons. The van der Waals surface area contributed by atoms with Gasteiger partial charge in [0.1, 0.15) is 0 Å². The lowest BCUT2D eigenvalue weighted by Crippen LogP contribution is -2.24. The third-order valence-electron chi connectivity index (χ3n) is 1.92. The summed E-state index contributed by atoms with van der Waals surface area (Å²) in [6.45, 7) is 0. The average Bonchev–Trinajstić information content (AvgIpc) is 2.62. The summed E-state index contributed by atoms with van der Waals surface area (Å²) >= 11 is 0. The minimum Gasteiger partial charge on any atom is -0.262 e. The van der Waals surface area contributed by atoms with E-state index in [1.54, 1.807) is 0 Å². The molecular formula is C8H7F3N2O3S. The van der Waals surface area contributed by atoms with Crippen LogP contribution in [0.4, 0.5) is 13.2 Å². The van der Waals surface area contributed by atoms with Gasteiger partial charge < -0.3 is 0 Å². The summed E-state index contributed by atoms with van der Waals surface area (Å²) in [5, 5.41) is 11.3. The number of hydrogen-bond donors (Lipinski definition) is 0. The molecule has 0 atom stereocenters. The molecule has 17 heavy (non-hydrogen) atoms. The van der Waals surface area contributed by atoms with Crippen molar-refractivity contribution in [2.75, 3.05) is 0 Å². The number of alkyl halides is 3. The smallest absolute Gasteiger partial charge is 0.262 e. The molecule has 1 rings (SSSR count). The molecule has 0 bridgehead atoms. The topological polar surface area (TPSA) is 79.5 Å². The number of allylic oxidation sites excluding steroid dienone is 2. The van der Waals surface area contributed by atoms with Crippen molar-refractivity contribution in [3.8, 4) is 6.07 Å². The van der Waals surface area contributed by atoms with Crippen LogP contribution in [-0.2, 0) is 14.4 Å². The van der Waals surface area contributed by atoms with Crippen LogP contribution >= 0.6 is 0 Å². The van der Waals surface area contributed by atoms with Gasteiger partial charge in [-0.3, -0.25) is 4.28 Å². The van der Waals surface area contributed by atoms with Gasteiger partial charge in [-0.2, -0.15) is 26.9 Å². The van der Waals surface area contributed by atoms with Gasteiger partial charge in [-0.15, -0.1) is 0 Å². The SMILES string of the molecule is N#CCC1=CC(=NOS(=O)(=O)C(F)(F)F)CC1. The Kier molecular flexibility index (Phi) is 3.77. The number of oxime groups is 1. The minimum absolute atomic E-state index is 0.0723. The number of hydrogen-bond acceptors (Lipinski definition) is 5. The molecule has 0 aromatic heterocycles. The summed E-state index contributed by atoms with van der Waals surface area (Å²) in [6, 6.07) is 1.86. The molecule has 0 aromatic carbocycles. The maximum atomic E-state index is 11.9. The van der Waals surface area contributed by atoms with E-state index in [1.165, 1.54) is 6.08 Å². The second-order valence-electron chi connectivity index (χ2n) is 3.19. The quantitative estimate of drug-likeness (QED) is 0.578. The van der Waals surface area contributed by atoms with Gasteiger partial charge in [-0.1, -0.05) is 10.7 Å². The van der Waals surface area contributed by atoms with E-state index in [0.29, 0.717) is 12.0 Å². The summed E-state index contributed by atoms with van der Waals surface area (Å²) in [5.74, 6) is 0. The molecule has 9 heteroatoms. The van der Waals surface area contributed by atoms with E-state index in [0.717, 1.165) is 0 Å². The first kappa shape index (κ1) is 13.5. The first-order chi connectivity index (χ1) is 7.76. The number of nitriles is 1. The Morgan fingerprint density at radius 3 is 2.65 bits per heavy atom. The molecule has 0 saturated heterocycles. The first-order valence-corrected chi connectivity index (χ1v) is 5.80. The number of halogens is 3. The summed E-state index contributed by atoms with van der Waals surface area (Å²) < 4.78 is 60.1. The van der Waals surface area contributed by atoms with Crippen molar-refractivity contribution < 1.29 is 25.9 Å². The van der Waals surface area contributed by atoms with E-state index < -0.39 is 15.6 Å². The van der Waals surface area contributed by atoms with Crippen molar-refractivity contribution in [3.63, 3.8) is 0 Å². The lowest BCUT2D eigenvalue weighted by molar-refractivity contribution is -0.0540. The van der Waals surface area contributed by atoms with E-state index in [-0.39, 0.29) is 18.6 Å². The molecule has 1 aliphatic carbocycles. The molecule has 0 unspecified atom stereocenters. The maximum Gasteiger partial charge on any atom is 0.536 e. The van der Waals surface area contributed by atoms with Crippen molar-refractivity contribution in [1.82, 2.24) is 0 Å². The van der Waals surface area contributed by atoms with E-state index in [2.05, 4.69) is 9.44 Å². The van der Waals surface area contributed by atoms with Gasteiger partial charge in [0, 0.05) is 0 Å². The van der Waals surface area contributed by atoms with Gasteiger partial charge in [-0.05, 0) is 18.9 Å². The summed E-state index contributed by atoms with van der Waals surface area (Å²) in [7, 11) is -5.70. The van der Waals surface area contributed by atoms with E-state index in [9.17, 15) is 21.6 Å². The van der Waals surface area contributed by atoms with E-state index in [4.69, 9.17) is 5.26 Å². The normalized spacial score (nSPS) is 18.9. The summed E-state index contributed by atoms with van der Waals surface area (Å²) in [6.07, 6.45) is 2.20. The Hall–Kier alpha value is -1.56. The molecule has 0 fully saturated rings. The zero-order chi connectivity index (χ0) is 13.1. The van der Waals surface area contributed by atoms with Gasteiger partial charge in [0.05, 0.1) is 18.2 Å². The average molecular weight is 268 g/mol. The van der Waals surface area contributed by atoms with Gasteiger partial charge >= 0.3 is 15.6 Å². The fourth-order valence-electron chi connectivity index (χ4n) is 1.12. The van der Waals surface area contributed by atoms with Gasteiger partial charge in [0.25, 0.3) is 0 Å². The summed E-state index contributed by atoms with van der Waals surface area (Å²) in [4.78, 5) is 0. The molecule has 0 saturated carbocycles. The number of nitrogens with zero attached hydrogens (tertiary/aromatic N) is 2. The highest BCUT2D eigenvalue weighted by Crippen LogP contribution is 2.25. The third kappa shape index (κ3) is 3.45. The third-order valence-corrected chi connectivity index (χ3v) is 2.75. The second-order valence-corrected chi connectivity index (χ2v) is 4.71. The zero-order valence-electron chi connectivity index (χ0n) is 8.36. The molecule has 0 amide bonds. The van der Waals surface area contributed by atoms with Crippen molar-refractivity contribution >= 4 is 15.8 Å². The standard InChI is InChI=1S/C8H7F3N2O3S/c9-8(10,11)17(14,15)16-13-7-2-1-6(5-7)3-4-12/h5H,1-3H2. The molecule has 0 aromatic rings. The first-order valence-electron chi connectivity index (χ1n) is 4.39. The molecule has 5 nitrogen and oxygen atoms in total. The van der Waals surface area contributed by atoms with E-state index in [1.807, 2.05) is 6.07 Å². The van der Waals surface area contributed by atoms with E-state index >= 15 is 0 Å². The molecule has 1 aliphatic rings. The van der Waals surface area contributed by atoms with Crippen molar-refractivity contribution in [1.29, 1.82) is 5.26 Å². The molecule has 0 radical (unpaired) electrons. The Bertz CT molecular complexity index is 499. The monoisotopic (exact) mass is 268 g/mol. The predicted molar refractivity (Wildman–Crippen MR) is 51.0 cm³/mol.